The maximum atomic E-state index is 12.8. The molecular formula is C22H32N2O3. The highest BCUT2D eigenvalue weighted by Gasteiger charge is 2.43. The van der Waals surface area contributed by atoms with E-state index in [0.29, 0.717) is 12.5 Å². The molecule has 1 aromatic rings. The molecule has 4 rings (SSSR count). The Morgan fingerprint density at radius 3 is 2.78 bits per heavy atom. The molecule has 0 bridgehead atoms. The van der Waals surface area contributed by atoms with Crippen LogP contribution >= 0.6 is 0 Å². The molecule has 1 amide bonds. The fourth-order valence-corrected chi connectivity index (χ4v) is 5.26. The molecule has 5 nitrogen and oxygen atoms in total. The Morgan fingerprint density at radius 2 is 2.00 bits per heavy atom. The van der Waals surface area contributed by atoms with E-state index in [2.05, 4.69) is 4.90 Å². The van der Waals surface area contributed by atoms with Crippen LogP contribution in [0, 0.1) is 0 Å². The number of hydrogen-bond donors (Lipinski definition) is 1. The van der Waals surface area contributed by atoms with Crippen LogP contribution in [0.15, 0.2) is 24.3 Å². The first-order valence-corrected chi connectivity index (χ1v) is 10.6. The van der Waals surface area contributed by atoms with Gasteiger partial charge in [-0.2, -0.15) is 0 Å². The number of amides is 1. The largest absolute Gasteiger partial charge is 0.508 e. The number of nitrogens with zero attached hydrogens (tertiary/aromatic N) is 2. The first-order chi connectivity index (χ1) is 13.1. The van der Waals surface area contributed by atoms with Crippen LogP contribution in [-0.2, 0) is 16.0 Å². The van der Waals surface area contributed by atoms with Gasteiger partial charge in [-0.25, -0.2) is 0 Å². The quantitative estimate of drug-likeness (QED) is 0.883. The van der Waals surface area contributed by atoms with Crippen molar-refractivity contribution in [3.8, 4) is 5.75 Å². The maximum Gasteiger partial charge on any atom is 0.226 e. The Hall–Kier alpha value is -1.59. The van der Waals surface area contributed by atoms with Crippen LogP contribution < -0.4 is 0 Å². The number of aromatic hydroxyl groups is 1. The van der Waals surface area contributed by atoms with E-state index in [1.165, 1.54) is 38.6 Å². The Kier molecular flexibility index (Phi) is 5.69. The van der Waals surface area contributed by atoms with Gasteiger partial charge in [0.15, 0.2) is 0 Å². The number of rotatable bonds is 4. The van der Waals surface area contributed by atoms with Crippen molar-refractivity contribution in [2.24, 2.45) is 0 Å². The second-order valence-corrected chi connectivity index (χ2v) is 8.49. The predicted molar refractivity (Wildman–Crippen MR) is 105 cm³/mol. The lowest BCUT2D eigenvalue weighted by Gasteiger charge is -2.39. The highest BCUT2D eigenvalue weighted by atomic mass is 16.5. The van der Waals surface area contributed by atoms with Gasteiger partial charge in [-0.05, 0) is 69.2 Å². The number of carbonyl (C=O) groups excluding carboxylic acids is 1. The minimum Gasteiger partial charge on any atom is -0.508 e. The monoisotopic (exact) mass is 372 g/mol. The third kappa shape index (κ3) is 4.30. The predicted octanol–water partition coefficient (Wildman–Crippen LogP) is 2.96. The molecular weight excluding hydrogens is 340 g/mol. The second-order valence-electron chi connectivity index (χ2n) is 8.49. The van der Waals surface area contributed by atoms with Gasteiger partial charge in [0.2, 0.25) is 5.91 Å². The molecule has 5 heteroatoms. The van der Waals surface area contributed by atoms with Crippen molar-refractivity contribution in [1.29, 1.82) is 0 Å². The molecule has 3 aliphatic heterocycles. The summed E-state index contributed by atoms with van der Waals surface area (Å²) in [5, 5.41) is 9.63. The van der Waals surface area contributed by atoms with Gasteiger partial charge in [0, 0.05) is 31.8 Å². The second kappa shape index (κ2) is 8.19. The number of likely N-dealkylation sites (tertiary alicyclic amines) is 2. The molecule has 0 aromatic heterocycles. The van der Waals surface area contributed by atoms with Crippen LogP contribution in [0.25, 0.3) is 0 Å². The lowest BCUT2D eigenvalue weighted by molar-refractivity contribution is -0.130. The zero-order chi connectivity index (χ0) is 18.7. The van der Waals surface area contributed by atoms with Crippen LogP contribution in [-0.4, -0.2) is 65.2 Å². The molecule has 1 N–H and O–H groups in total. The van der Waals surface area contributed by atoms with Crippen LogP contribution in [0.2, 0.25) is 0 Å². The number of benzene rings is 1. The molecule has 148 valence electrons. The number of phenolic OH excluding ortho intramolecular Hbond substituents is 1. The summed E-state index contributed by atoms with van der Waals surface area (Å²) in [6.07, 6.45) is 9.05. The normalized spacial score (nSPS) is 29.3. The number of hydrogen-bond acceptors (Lipinski definition) is 4. The fraction of sp³-hybridized carbons (Fsp3) is 0.682. The molecule has 1 aromatic carbocycles. The standard InChI is InChI=1S/C22H32N2O3/c25-19-6-1-5-18(15-19)16-21(26)23-11-3-8-22(10-13-23)9-4-12-24(22)17-20-7-2-14-27-20/h1,5-6,15,20,25H,2-4,7-14,16-17H2/t20-,22-/m0/s1. The molecule has 27 heavy (non-hydrogen) atoms. The molecule has 3 fully saturated rings. The highest BCUT2D eigenvalue weighted by molar-refractivity contribution is 5.79. The minimum absolute atomic E-state index is 0.182. The van der Waals surface area contributed by atoms with Gasteiger partial charge >= 0.3 is 0 Å². The SMILES string of the molecule is O=C(Cc1cccc(O)c1)N1CCC[C@]2(CCCN2C[C@@H]2CCCO2)CC1. The molecule has 0 radical (unpaired) electrons. The third-order valence-electron chi connectivity index (χ3n) is 6.72. The molecule has 3 aliphatic rings. The van der Waals surface area contributed by atoms with E-state index in [-0.39, 0.29) is 17.2 Å². The Bertz CT molecular complexity index is 659. The average molecular weight is 373 g/mol. The zero-order valence-electron chi connectivity index (χ0n) is 16.2. The van der Waals surface area contributed by atoms with E-state index in [9.17, 15) is 9.90 Å². The highest BCUT2D eigenvalue weighted by Crippen LogP contribution is 2.39. The molecule has 3 heterocycles. The van der Waals surface area contributed by atoms with Crippen molar-refractivity contribution >= 4 is 5.91 Å². The zero-order valence-corrected chi connectivity index (χ0v) is 16.2. The van der Waals surface area contributed by atoms with Crippen LogP contribution in [0.1, 0.15) is 50.5 Å². The van der Waals surface area contributed by atoms with Crippen molar-refractivity contribution in [2.45, 2.75) is 63.0 Å². The summed E-state index contributed by atoms with van der Waals surface area (Å²) in [5.74, 6) is 0.409. The molecule has 3 saturated heterocycles. The van der Waals surface area contributed by atoms with E-state index >= 15 is 0 Å². The van der Waals surface area contributed by atoms with E-state index in [0.717, 1.165) is 44.6 Å². The Labute approximate surface area is 162 Å². The van der Waals surface area contributed by atoms with E-state index in [4.69, 9.17) is 4.74 Å². The van der Waals surface area contributed by atoms with Crippen molar-refractivity contribution in [3.63, 3.8) is 0 Å². The minimum atomic E-state index is 0.182. The average Bonchev–Trinajstić information content (AvgIpc) is 3.23. The Balaban J connectivity index is 1.37. The molecule has 2 atom stereocenters. The fourth-order valence-electron chi connectivity index (χ4n) is 5.26. The van der Waals surface area contributed by atoms with Crippen molar-refractivity contribution < 1.29 is 14.6 Å². The third-order valence-corrected chi connectivity index (χ3v) is 6.72. The molecule has 0 saturated carbocycles. The lowest BCUT2D eigenvalue weighted by atomic mass is 9.87. The van der Waals surface area contributed by atoms with Gasteiger partial charge in [-0.15, -0.1) is 0 Å². The first kappa shape index (κ1) is 18.8. The Morgan fingerprint density at radius 1 is 1.15 bits per heavy atom. The summed E-state index contributed by atoms with van der Waals surface area (Å²) in [5.41, 5.74) is 1.16. The first-order valence-electron chi connectivity index (χ1n) is 10.6. The van der Waals surface area contributed by atoms with Crippen molar-refractivity contribution in [2.75, 3.05) is 32.8 Å². The van der Waals surface area contributed by atoms with Crippen molar-refractivity contribution in [3.05, 3.63) is 29.8 Å². The van der Waals surface area contributed by atoms with Crippen LogP contribution in [0.4, 0.5) is 0 Å². The number of phenols is 1. The summed E-state index contributed by atoms with van der Waals surface area (Å²) in [7, 11) is 0. The van der Waals surface area contributed by atoms with Crippen molar-refractivity contribution in [1.82, 2.24) is 9.80 Å². The summed E-state index contributed by atoms with van der Waals surface area (Å²) >= 11 is 0. The number of carbonyl (C=O) groups is 1. The van der Waals surface area contributed by atoms with Gasteiger partial charge in [0.05, 0.1) is 12.5 Å². The molecule has 0 aliphatic carbocycles. The van der Waals surface area contributed by atoms with E-state index in [1.807, 2.05) is 11.0 Å². The van der Waals surface area contributed by atoms with Gasteiger partial charge in [0.1, 0.15) is 5.75 Å². The summed E-state index contributed by atoms with van der Waals surface area (Å²) in [6.45, 7) is 4.87. The maximum absolute atomic E-state index is 12.8. The van der Waals surface area contributed by atoms with E-state index < -0.39 is 0 Å². The molecule has 1 spiro atoms. The van der Waals surface area contributed by atoms with E-state index in [1.54, 1.807) is 18.2 Å². The van der Waals surface area contributed by atoms with Gasteiger partial charge in [-0.3, -0.25) is 9.69 Å². The van der Waals surface area contributed by atoms with Gasteiger partial charge in [-0.1, -0.05) is 12.1 Å². The molecule has 0 unspecified atom stereocenters. The lowest BCUT2D eigenvalue weighted by Crippen LogP contribution is -2.47. The van der Waals surface area contributed by atoms with Crippen LogP contribution in [0.3, 0.4) is 0 Å². The van der Waals surface area contributed by atoms with Crippen LogP contribution in [0.5, 0.6) is 5.75 Å². The summed E-state index contributed by atoms with van der Waals surface area (Å²) in [4.78, 5) is 17.5. The van der Waals surface area contributed by atoms with Gasteiger partial charge < -0.3 is 14.7 Å². The summed E-state index contributed by atoms with van der Waals surface area (Å²) in [6, 6.07) is 7.05. The van der Waals surface area contributed by atoms with Gasteiger partial charge in [0.25, 0.3) is 0 Å². The summed E-state index contributed by atoms with van der Waals surface area (Å²) < 4.78 is 5.89. The smallest absolute Gasteiger partial charge is 0.226 e. The number of ether oxygens (including phenoxy) is 1. The topological polar surface area (TPSA) is 53.0 Å².